The Morgan fingerprint density at radius 1 is 1.44 bits per heavy atom. The summed E-state index contributed by atoms with van der Waals surface area (Å²) in [5.74, 6) is -0.817. The molecule has 0 radical (unpaired) electrons. The molecule has 0 aliphatic rings. The van der Waals surface area contributed by atoms with Gasteiger partial charge in [0.05, 0.1) is 0 Å². The van der Waals surface area contributed by atoms with E-state index in [0.717, 1.165) is 0 Å². The Morgan fingerprint density at radius 2 is 2.00 bits per heavy atom. The number of carboxylic acid groups (broad SMARTS) is 1. The van der Waals surface area contributed by atoms with Crippen molar-refractivity contribution in [1.82, 2.24) is 5.32 Å². The van der Waals surface area contributed by atoms with E-state index in [1.807, 2.05) is 0 Å². The Balaban J connectivity index is 3.27. The van der Waals surface area contributed by atoms with Crippen LogP contribution in [0.4, 0.5) is 4.79 Å². The van der Waals surface area contributed by atoms with Gasteiger partial charge in [-0.3, -0.25) is 4.79 Å². The zero-order valence-electron chi connectivity index (χ0n) is 8.53. The molecule has 0 unspecified atom stereocenters. The van der Waals surface area contributed by atoms with Crippen LogP contribution in [0.2, 0.25) is 5.02 Å². The van der Waals surface area contributed by atoms with Crippen molar-refractivity contribution in [2.24, 2.45) is 5.73 Å². The SMILES string of the molecule is C[C@](NC(=O)O)(C(N)=O)c1ccccc1Cl. The van der Waals surface area contributed by atoms with E-state index in [-0.39, 0.29) is 5.02 Å². The molecule has 0 heterocycles. The molecule has 1 atom stereocenters. The predicted molar refractivity (Wildman–Crippen MR) is 59.2 cm³/mol. The first-order valence-corrected chi connectivity index (χ1v) is 4.81. The molecule has 0 aromatic heterocycles. The van der Waals surface area contributed by atoms with Gasteiger partial charge in [-0.15, -0.1) is 0 Å². The number of primary amides is 1. The van der Waals surface area contributed by atoms with Crippen LogP contribution in [0.3, 0.4) is 0 Å². The molecular formula is C10H11ClN2O3. The molecule has 0 fully saturated rings. The van der Waals surface area contributed by atoms with Crippen LogP contribution in [-0.4, -0.2) is 17.1 Å². The first-order valence-electron chi connectivity index (χ1n) is 4.44. The normalized spacial score (nSPS) is 13.9. The van der Waals surface area contributed by atoms with E-state index in [9.17, 15) is 9.59 Å². The van der Waals surface area contributed by atoms with Crippen LogP contribution in [0, 0.1) is 0 Å². The zero-order chi connectivity index (χ0) is 12.3. The number of halogens is 1. The molecule has 86 valence electrons. The lowest BCUT2D eigenvalue weighted by Crippen LogP contribution is -2.52. The Labute approximate surface area is 97.2 Å². The number of carbonyl (C=O) groups excluding carboxylic acids is 1. The highest BCUT2D eigenvalue weighted by molar-refractivity contribution is 6.31. The average molecular weight is 243 g/mol. The highest BCUT2D eigenvalue weighted by Crippen LogP contribution is 2.27. The average Bonchev–Trinajstić information content (AvgIpc) is 2.16. The second-order valence-electron chi connectivity index (χ2n) is 3.40. The number of benzene rings is 1. The van der Waals surface area contributed by atoms with Crippen LogP contribution >= 0.6 is 11.6 Å². The lowest BCUT2D eigenvalue weighted by molar-refractivity contribution is -0.123. The minimum atomic E-state index is -1.54. The minimum absolute atomic E-state index is 0.276. The van der Waals surface area contributed by atoms with Crippen molar-refractivity contribution in [3.05, 3.63) is 34.9 Å². The molecule has 4 N–H and O–H groups in total. The number of hydrogen-bond acceptors (Lipinski definition) is 2. The molecule has 1 aromatic rings. The summed E-state index contributed by atoms with van der Waals surface area (Å²) in [7, 11) is 0. The quantitative estimate of drug-likeness (QED) is 0.746. The molecule has 0 aliphatic heterocycles. The summed E-state index contributed by atoms with van der Waals surface area (Å²) in [6.45, 7) is 1.37. The van der Waals surface area contributed by atoms with Crippen LogP contribution in [0.25, 0.3) is 0 Å². The van der Waals surface area contributed by atoms with Gasteiger partial charge in [0, 0.05) is 10.6 Å². The van der Waals surface area contributed by atoms with Gasteiger partial charge in [-0.1, -0.05) is 29.8 Å². The van der Waals surface area contributed by atoms with E-state index in [1.165, 1.54) is 6.92 Å². The number of nitrogens with one attached hydrogen (secondary N) is 1. The van der Waals surface area contributed by atoms with Gasteiger partial charge in [0.15, 0.2) is 0 Å². The van der Waals surface area contributed by atoms with Crippen LogP contribution in [0.5, 0.6) is 0 Å². The number of carbonyl (C=O) groups is 2. The lowest BCUT2D eigenvalue weighted by atomic mass is 9.91. The van der Waals surface area contributed by atoms with Crippen molar-refractivity contribution < 1.29 is 14.7 Å². The maximum Gasteiger partial charge on any atom is 0.405 e. The van der Waals surface area contributed by atoms with Crippen molar-refractivity contribution in [2.75, 3.05) is 0 Å². The number of hydrogen-bond donors (Lipinski definition) is 3. The maximum absolute atomic E-state index is 11.3. The van der Waals surface area contributed by atoms with Gasteiger partial charge >= 0.3 is 6.09 Å². The van der Waals surface area contributed by atoms with Gasteiger partial charge < -0.3 is 16.2 Å². The molecule has 0 aliphatic carbocycles. The Bertz CT molecular complexity index is 436. The molecule has 1 rings (SSSR count). The second-order valence-corrected chi connectivity index (χ2v) is 3.81. The van der Waals surface area contributed by atoms with E-state index in [0.29, 0.717) is 5.56 Å². The largest absolute Gasteiger partial charge is 0.465 e. The smallest absolute Gasteiger partial charge is 0.405 e. The first-order chi connectivity index (χ1) is 7.38. The topological polar surface area (TPSA) is 92.4 Å². The molecule has 1 aromatic carbocycles. The zero-order valence-corrected chi connectivity index (χ0v) is 9.28. The van der Waals surface area contributed by atoms with Crippen LogP contribution in [0.1, 0.15) is 12.5 Å². The molecule has 0 saturated heterocycles. The van der Waals surface area contributed by atoms with Gasteiger partial charge in [-0.2, -0.15) is 0 Å². The number of amides is 2. The van der Waals surface area contributed by atoms with Crippen molar-refractivity contribution in [3.63, 3.8) is 0 Å². The molecule has 6 heteroatoms. The predicted octanol–water partition coefficient (Wildman–Crippen LogP) is 1.31. The molecule has 16 heavy (non-hydrogen) atoms. The summed E-state index contributed by atoms with van der Waals surface area (Å²) in [5, 5.41) is 11.0. The van der Waals surface area contributed by atoms with Gasteiger partial charge in [-0.05, 0) is 13.0 Å². The summed E-state index contributed by atoms with van der Waals surface area (Å²) in [6, 6.07) is 6.42. The standard InChI is InChI=1S/C10H11ClN2O3/c1-10(8(12)14,13-9(15)16)6-4-2-3-5-7(6)11/h2-5,13H,1H3,(H2,12,14)(H,15,16)/t10-/m1/s1. The van der Waals surface area contributed by atoms with E-state index in [4.69, 9.17) is 22.4 Å². The Kier molecular flexibility index (Phi) is 3.39. The van der Waals surface area contributed by atoms with Gasteiger partial charge in [0.1, 0.15) is 5.54 Å². The van der Waals surface area contributed by atoms with Crippen molar-refractivity contribution in [2.45, 2.75) is 12.5 Å². The highest BCUT2D eigenvalue weighted by atomic mass is 35.5. The summed E-state index contributed by atoms with van der Waals surface area (Å²) in [4.78, 5) is 22.0. The monoisotopic (exact) mass is 242 g/mol. The fraction of sp³-hybridized carbons (Fsp3) is 0.200. The van der Waals surface area contributed by atoms with Crippen molar-refractivity contribution in [3.8, 4) is 0 Å². The van der Waals surface area contributed by atoms with Gasteiger partial charge in [-0.25, -0.2) is 4.79 Å². The van der Waals surface area contributed by atoms with E-state index in [1.54, 1.807) is 24.3 Å². The highest BCUT2D eigenvalue weighted by Gasteiger charge is 2.36. The van der Waals surface area contributed by atoms with Crippen molar-refractivity contribution in [1.29, 1.82) is 0 Å². The fourth-order valence-electron chi connectivity index (χ4n) is 1.34. The lowest BCUT2D eigenvalue weighted by Gasteiger charge is -2.27. The minimum Gasteiger partial charge on any atom is -0.465 e. The molecular weight excluding hydrogens is 232 g/mol. The van der Waals surface area contributed by atoms with Crippen LogP contribution in [0.15, 0.2) is 24.3 Å². The van der Waals surface area contributed by atoms with E-state index < -0.39 is 17.5 Å². The molecule has 5 nitrogen and oxygen atoms in total. The Morgan fingerprint density at radius 3 is 2.44 bits per heavy atom. The van der Waals surface area contributed by atoms with E-state index in [2.05, 4.69) is 5.32 Å². The van der Waals surface area contributed by atoms with Crippen LogP contribution < -0.4 is 11.1 Å². The third kappa shape index (κ3) is 2.25. The molecule has 0 spiro atoms. The van der Waals surface area contributed by atoms with Gasteiger partial charge in [0.25, 0.3) is 0 Å². The summed E-state index contributed by atoms with van der Waals surface area (Å²) < 4.78 is 0. The summed E-state index contributed by atoms with van der Waals surface area (Å²) in [5.41, 5.74) is 3.98. The van der Waals surface area contributed by atoms with E-state index >= 15 is 0 Å². The molecule has 0 saturated carbocycles. The van der Waals surface area contributed by atoms with Crippen molar-refractivity contribution >= 4 is 23.6 Å². The summed E-state index contributed by atoms with van der Waals surface area (Å²) >= 11 is 5.90. The third-order valence-corrected chi connectivity index (χ3v) is 2.59. The number of nitrogens with two attached hydrogens (primary N) is 1. The molecule has 2 amide bonds. The Hall–Kier alpha value is -1.75. The van der Waals surface area contributed by atoms with Crippen LogP contribution in [-0.2, 0) is 10.3 Å². The van der Waals surface area contributed by atoms with Gasteiger partial charge in [0.2, 0.25) is 5.91 Å². The third-order valence-electron chi connectivity index (χ3n) is 2.26. The second kappa shape index (κ2) is 4.40. The molecule has 0 bridgehead atoms. The fourth-order valence-corrected chi connectivity index (χ4v) is 1.67. The number of rotatable bonds is 3. The maximum atomic E-state index is 11.3. The first kappa shape index (κ1) is 12.3. The summed E-state index contributed by atoms with van der Waals surface area (Å²) in [6.07, 6.45) is -1.35.